The molecule has 4 heterocycles. The van der Waals surface area contributed by atoms with Gasteiger partial charge in [-0.2, -0.15) is 0 Å². The van der Waals surface area contributed by atoms with E-state index in [1.54, 1.807) is 6.92 Å². The third-order valence-corrected chi connectivity index (χ3v) is 10.1. The number of hydrogen-bond donors (Lipinski definition) is 1. The van der Waals surface area contributed by atoms with Crippen LogP contribution in [0.1, 0.15) is 55.0 Å². The molecule has 2 aliphatic heterocycles. The lowest BCUT2D eigenvalue weighted by Gasteiger charge is -2.41. The number of ketones is 1. The number of halogens is 3. The van der Waals surface area contributed by atoms with Crippen molar-refractivity contribution < 1.29 is 13.4 Å². The number of amidine groups is 1. The summed E-state index contributed by atoms with van der Waals surface area (Å²) in [5.41, 5.74) is 5.39. The van der Waals surface area contributed by atoms with E-state index in [1.165, 1.54) is 24.4 Å². The molecule has 0 saturated carbocycles. The minimum absolute atomic E-state index is 0.00306. The second-order valence-electron chi connectivity index (χ2n) is 8.81. The van der Waals surface area contributed by atoms with Crippen LogP contribution in [0.25, 0.3) is 0 Å². The monoisotopic (exact) mass is 511 g/mol. The standard InChI is InChI=1S/C22H24Cl2FN5O2S/c1-21(12-33(32)22(2,20(26)30-21)7-3-4-8-28-33)19-16(25)6-5-14(29-19)10-17(31)18-15(24)9-13(23)11-27-18/h5-6,9,11H,3-4,7-8,10,12H2,1-2H3,(H2,26,30). The molecule has 0 radical (unpaired) electrons. The van der Waals surface area contributed by atoms with Gasteiger partial charge in [0.25, 0.3) is 0 Å². The first-order chi connectivity index (χ1) is 15.5. The number of nitrogens with two attached hydrogens (primary N) is 1. The van der Waals surface area contributed by atoms with Crippen LogP contribution >= 0.6 is 23.2 Å². The Morgan fingerprint density at radius 2 is 2.03 bits per heavy atom. The molecular formula is C22H24Cl2FN5O2S. The molecule has 0 bridgehead atoms. The largest absolute Gasteiger partial charge is 0.386 e. The maximum absolute atomic E-state index is 15.0. The number of hydrogen-bond acceptors (Lipinski definition) is 7. The Bertz CT molecular complexity index is 1290. The maximum atomic E-state index is 15.0. The van der Waals surface area contributed by atoms with Crippen LogP contribution in [0, 0.1) is 5.82 Å². The van der Waals surface area contributed by atoms with E-state index in [0.717, 1.165) is 12.8 Å². The van der Waals surface area contributed by atoms with Crippen molar-refractivity contribution in [2.45, 2.75) is 49.8 Å². The van der Waals surface area contributed by atoms with Gasteiger partial charge in [0, 0.05) is 18.4 Å². The lowest BCUT2D eigenvalue weighted by Crippen LogP contribution is -2.56. The average Bonchev–Trinajstić information content (AvgIpc) is 2.88. The molecule has 0 fully saturated rings. The fourth-order valence-corrected chi connectivity index (χ4v) is 7.73. The summed E-state index contributed by atoms with van der Waals surface area (Å²) >= 11 is 11.9. The first-order valence-corrected chi connectivity index (χ1v) is 13.0. The summed E-state index contributed by atoms with van der Waals surface area (Å²) in [5, 5.41) is 0.432. The van der Waals surface area contributed by atoms with Gasteiger partial charge in [-0.05, 0) is 51.3 Å². The molecule has 2 aromatic rings. The zero-order valence-electron chi connectivity index (χ0n) is 18.3. The topological polar surface area (TPSA) is 111 Å². The van der Waals surface area contributed by atoms with E-state index in [2.05, 4.69) is 19.3 Å². The van der Waals surface area contributed by atoms with Crippen molar-refractivity contribution in [3.05, 3.63) is 57.3 Å². The van der Waals surface area contributed by atoms with Gasteiger partial charge in [-0.1, -0.05) is 23.2 Å². The van der Waals surface area contributed by atoms with Gasteiger partial charge in [0.2, 0.25) is 0 Å². The number of aromatic nitrogens is 2. The summed E-state index contributed by atoms with van der Waals surface area (Å²) in [6.07, 6.45) is 3.44. The Balaban J connectivity index is 1.73. The number of carbonyl (C=O) groups excluding carboxylic acids is 1. The van der Waals surface area contributed by atoms with E-state index in [0.29, 0.717) is 23.7 Å². The minimum atomic E-state index is -2.82. The van der Waals surface area contributed by atoms with Gasteiger partial charge in [-0.3, -0.25) is 14.8 Å². The predicted octanol–water partition coefficient (Wildman–Crippen LogP) is 4.34. The molecule has 176 valence electrons. The summed E-state index contributed by atoms with van der Waals surface area (Å²) < 4.78 is 32.6. The highest BCUT2D eigenvalue weighted by Crippen LogP contribution is 2.41. The number of carbonyl (C=O) groups is 1. The highest BCUT2D eigenvalue weighted by Gasteiger charge is 2.51. The van der Waals surface area contributed by atoms with E-state index in [9.17, 15) is 13.4 Å². The highest BCUT2D eigenvalue weighted by atomic mass is 35.5. The van der Waals surface area contributed by atoms with E-state index in [1.807, 2.05) is 6.92 Å². The molecule has 33 heavy (non-hydrogen) atoms. The lowest BCUT2D eigenvalue weighted by atomic mass is 9.96. The summed E-state index contributed by atoms with van der Waals surface area (Å²) in [7, 11) is -2.82. The second kappa shape index (κ2) is 8.60. The summed E-state index contributed by atoms with van der Waals surface area (Å²) in [5.74, 6) is -0.807. The van der Waals surface area contributed by atoms with Gasteiger partial charge in [-0.25, -0.2) is 17.9 Å². The van der Waals surface area contributed by atoms with Crippen molar-refractivity contribution in [1.82, 2.24) is 9.97 Å². The smallest absolute Gasteiger partial charge is 0.188 e. The van der Waals surface area contributed by atoms with Crippen LogP contribution in [-0.4, -0.2) is 42.8 Å². The molecule has 0 aromatic carbocycles. The molecule has 2 aliphatic rings. The number of aliphatic imine (C=N–C) groups is 1. The van der Waals surface area contributed by atoms with Crippen LogP contribution < -0.4 is 5.73 Å². The zero-order chi connectivity index (χ0) is 24.0. The van der Waals surface area contributed by atoms with Crippen LogP contribution in [0.2, 0.25) is 10.0 Å². The molecule has 3 atom stereocenters. The number of Topliss-reactive ketones (excluding diaryl/α,β-unsaturated/α-hetero) is 1. The van der Waals surface area contributed by atoms with Crippen molar-refractivity contribution in [3.8, 4) is 0 Å². The Hall–Kier alpha value is -2.10. The fraction of sp³-hybridized carbons (Fsp3) is 0.455. The first kappa shape index (κ1) is 24.0. The zero-order valence-corrected chi connectivity index (χ0v) is 20.6. The highest BCUT2D eigenvalue weighted by molar-refractivity contribution is 7.95. The number of fused-ring (bicyclic) bond motifs is 1. The lowest BCUT2D eigenvalue weighted by molar-refractivity contribution is 0.0987. The number of pyridine rings is 2. The Labute approximate surface area is 202 Å². The van der Waals surface area contributed by atoms with Crippen LogP contribution in [0.3, 0.4) is 0 Å². The van der Waals surface area contributed by atoms with Crippen LogP contribution in [0.4, 0.5) is 4.39 Å². The van der Waals surface area contributed by atoms with Crippen molar-refractivity contribution in [1.29, 1.82) is 0 Å². The van der Waals surface area contributed by atoms with Gasteiger partial charge in [0.05, 0.1) is 31.9 Å². The molecule has 11 heteroatoms. The van der Waals surface area contributed by atoms with Crippen molar-refractivity contribution >= 4 is 44.5 Å². The minimum Gasteiger partial charge on any atom is -0.386 e. The summed E-state index contributed by atoms with van der Waals surface area (Å²) in [6.45, 7) is 3.95. The second-order valence-corrected chi connectivity index (χ2v) is 12.4. The predicted molar refractivity (Wildman–Crippen MR) is 128 cm³/mol. The van der Waals surface area contributed by atoms with Gasteiger partial charge >= 0.3 is 0 Å². The SMILES string of the molecule is CC1(c2nc(CC(=O)c3ncc(Cl)cc3Cl)ccc2F)CS2(=O)=NCCCCC2(C)C(N)=N1. The maximum Gasteiger partial charge on any atom is 0.188 e. The Morgan fingerprint density at radius 1 is 1.27 bits per heavy atom. The van der Waals surface area contributed by atoms with Crippen molar-refractivity contribution in [2.24, 2.45) is 15.1 Å². The average molecular weight is 512 g/mol. The molecular weight excluding hydrogens is 488 g/mol. The van der Waals surface area contributed by atoms with Gasteiger partial charge in [0.1, 0.15) is 33.3 Å². The van der Waals surface area contributed by atoms with Crippen LogP contribution in [0.15, 0.2) is 33.8 Å². The van der Waals surface area contributed by atoms with Crippen molar-refractivity contribution in [3.63, 3.8) is 0 Å². The summed E-state index contributed by atoms with van der Waals surface area (Å²) in [6, 6.07) is 4.07. The molecule has 2 aromatic heterocycles. The van der Waals surface area contributed by atoms with E-state index in [4.69, 9.17) is 28.9 Å². The van der Waals surface area contributed by atoms with Crippen molar-refractivity contribution in [2.75, 3.05) is 12.3 Å². The third kappa shape index (κ3) is 4.26. The van der Waals surface area contributed by atoms with E-state index in [-0.39, 0.29) is 34.4 Å². The Morgan fingerprint density at radius 3 is 2.76 bits per heavy atom. The number of nitrogens with zero attached hydrogens (tertiary/aromatic N) is 4. The third-order valence-electron chi connectivity index (χ3n) is 6.28. The fourth-order valence-electron chi connectivity index (χ4n) is 4.33. The van der Waals surface area contributed by atoms with Gasteiger partial charge in [-0.15, -0.1) is 0 Å². The van der Waals surface area contributed by atoms with Crippen LogP contribution in [0.5, 0.6) is 0 Å². The summed E-state index contributed by atoms with van der Waals surface area (Å²) in [4.78, 5) is 25.7. The van der Waals surface area contributed by atoms with Gasteiger partial charge in [0.15, 0.2) is 5.78 Å². The molecule has 3 unspecified atom stereocenters. The molecule has 7 nitrogen and oxygen atoms in total. The molecule has 2 N–H and O–H groups in total. The number of rotatable bonds is 4. The quantitative estimate of drug-likeness (QED) is 0.613. The van der Waals surface area contributed by atoms with Crippen LogP contribution in [-0.2, 0) is 21.7 Å². The van der Waals surface area contributed by atoms with Gasteiger partial charge < -0.3 is 5.73 Å². The van der Waals surface area contributed by atoms with E-state index >= 15 is 0 Å². The molecule has 4 rings (SSSR count). The van der Waals surface area contributed by atoms with E-state index < -0.39 is 31.6 Å². The Kier molecular flexibility index (Phi) is 6.26. The molecule has 0 aliphatic carbocycles. The molecule has 0 spiro atoms. The molecule has 0 amide bonds. The first-order valence-electron chi connectivity index (χ1n) is 10.5. The normalized spacial score (nSPS) is 29.4. The molecule has 0 saturated heterocycles.